The van der Waals surface area contributed by atoms with Gasteiger partial charge in [0.15, 0.2) is 10.8 Å². The number of aryl methyl sites for hydroxylation is 1. The van der Waals surface area contributed by atoms with Crippen molar-refractivity contribution in [2.75, 3.05) is 18.0 Å². The minimum absolute atomic E-state index is 0.0187. The molecule has 1 atom stereocenters. The van der Waals surface area contributed by atoms with E-state index in [0.29, 0.717) is 47.5 Å². The number of carboxylic acids is 1. The van der Waals surface area contributed by atoms with E-state index in [2.05, 4.69) is 35.8 Å². The number of anilines is 1. The SMILES string of the molecule is CCC(Sc1nc2cnc(N3CCC(Oc4cc(F)ccc4Br)CC3)nc2n1C)C(=O)O. The molecule has 0 amide bonds. The first-order chi connectivity index (χ1) is 15.4. The van der Waals surface area contributed by atoms with E-state index >= 15 is 0 Å². The van der Waals surface area contributed by atoms with Crippen molar-refractivity contribution >= 4 is 50.8 Å². The number of hydrogen-bond acceptors (Lipinski definition) is 7. The Hall–Kier alpha value is -2.40. The summed E-state index contributed by atoms with van der Waals surface area (Å²) >= 11 is 4.62. The molecule has 1 unspecified atom stereocenters. The van der Waals surface area contributed by atoms with Gasteiger partial charge in [-0.3, -0.25) is 4.79 Å². The zero-order valence-electron chi connectivity index (χ0n) is 17.7. The number of carbonyl (C=O) groups is 1. The van der Waals surface area contributed by atoms with Crippen molar-refractivity contribution < 1.29 is 19.0 Å². The molecule has 11 heteroatoms. The summed E-state index contributed by atoms with van der Waals surface area (Å²) in [5.41, 5.74) is 1.30. The van der Waals surface area contributed by atoms with Crippen LogP contribution in [0, 0.1) is 5.82 Å². The topological polar surface area (TPSA) is 93.4 Å². The Bertz CT molecular complexity index is 1140. The number of aliphatic carboxylic acids is 1. The van der Waals surface area contributed by atoms with E-state index in [0.717, 1.165) is 17.3 Å². The fourth-order valence-electron chi connectivity index (χ4n) is 3.57. The number of piperidine rings is 1. The summed E-state index contributed by atoms with van der Waals surface area (Å²) in [6, 6.07) is 4.42. The minimum atomic E-state index is -0.855. The molecule has 0 aliphatic carbocycles. The number of aromatic nitrogens is 4. The Kier molecular flexibility index (Phi) is 6.85. The van der Waals surface area contributed by atoms with Gasteiger partial charge in [0.05, 0.1) is 10.7 Å². The first-order valence-corrected chi connectivity index (χ1v) is 12.0. The van der Waals surface area contributed by atoms with E-state index in [9.17, 15) is 14.3 Å². The van der Waals surface area contributed by atoms with E-state index in [1.165, 1.54) is 23.9 Å². The summed E-state index contributed by atoms with van der Waals surface area (Å²) in [6.45, 7) is 3.26. The molecule has 1 aliphatic heterocycles. The Balaban J connectivity index is 1.45. The second-order valence-corrected chi connectivity index (χ2v) is 9.59. The standard InChI is InChI=1S/C21H23BrFN5O3S/c1-3-17(19(29)30)32-21-25-15-11-24-20(26-18(15)27(21)2)28-8-6-13(7-9-28)31-16-10-12(23)4-5-14(16)22/h4-5,10-11,13,17H,3,6-9H2,1-2H3,(H,29,30). The van der Waals surface area contributed by atoms with Gasteiger partial charge in [0.2, 0.25) is 5.95 Å². The number of benzene rings is 1. The molecule has 1 aromatic carbocycles. The number of imidazole rings is 1. The van der Waals surface area contributed by atoms with E-state index in [4.69, 9.17) is 4.74 Å². The van der Waals surface area contributed by atoms with Gasteiger partial charge in [0.25, 0.3) is 0 Å². The second kappa shape index (κ2) is 9.62. The molecule has 2 aromatic heterocycles. The van der Waals surface area contributed by atoms with Crippen LogP contribution in [-0.2, 0) is 11.8 Å². The van der Waals surface area contributed by atoms with Crippen LogP contribution in [0.5, 0.6) is 5.75 Å². The summed E-state index contributed by atoms with van der Waals surface area (Å²) in [6.07, 6.45) is 3.68. The average Bonchev–Trinajstić information content (AvgIpc) is 3.09. The van der Waals surface area contributed by atoms with Gasteiger partial charge in [0, 0.05) is 39.0 Å². The highest BCUT2D eigenvalue weighted by molar-refractivity contribution is 9.10. The van der Waals surface area contributed by atoms with Crippen molar-refractivity contribution in [2.45, 2.75) is 42.7 Å². The monoisotopic (exact) mass is 523 g/mol. The van der Waals surface area contributed by atoms with Gasteiger partial charge in [-0.05, 0) is 34.5 Å². The van der Waals surface area contributed by atoms with Crippen molar-refractivity contribution in [3.63, 3.8) is 0 Å². The summed E-state index contributed by atoms with van der Waals surface area (Å²) in [4.78, 5) is 27.1. The first kappa shape index (κ1) is 22.8. The lowest BCUT2D eigenvalue weighted by Gasteiger charge is -2.32. The predicted octanol–water partition coefficient (Wildman–Crippen LogP) is 4.27. The normalized spacial score (nSPS) is 15.8. The molecule has 3 heterocycles. The van der Waals surface area contributed by atoms with Crippen LogP contribution >= 0.6 is 27.7 Å². The highest BCUT2D eigenvalue weighted by Crippen LogP contribution is 2.30. The second-order valence-electron chi connectivity index (χ2n) is 7.56. The maximum absolute atomic E-state index is 13.5. The van der Waals surface area contributed by atoms with Crippen LogP contribution in [0.3, 0.4) is 0 Å². The lowest BCUT2D eigenvalue weighted by Crippen LogP contribution is -2.39. The van der Waals surface area contributed by atoms with Gasteiger partial charge in [-0.2, -0.15) is 4.98 Å². The predicted molar refractivity (Wildman–Crippen MR) is 124 cm³/mol. The molecule has 4 rings (SSSR count). The number of rotatable bonds is 7. The first-order valence-electron chi connectivity index (χ1n) is 10.3. The number of fused-ring (bicyclic) bond motifs is 1. The Morgan fingerprint density at radius 3 is 2.81 bits per heavy atom. The third-order valence-corrected chi connectivity index (χ3v) is 7.41. The van der Waals surface area contributed by atoms with Gasteiger partial charge in [-0.15, -0.1) is 0 Å². The highest BCUT2D eigenvalue weighted by atomic mass is 79.9. The van der Waals surface area contributed by atoms with Gasteiger partial charge < -0.3 is 19.3 Å². The van der Waals surface area contributed by atoms with Crippen LogP contribution in [0.25, 0.3) is 11.2 Å². The van der Waals surface area contributed by atoms with Crippen molar-refractivity contribution in [3.05, 3.63) is 34.7 Å². The summed E-state index contributed by atoms with van der Waals surface area (Å²) in [5.74, 6) is -0.0724. The van der Waals surface area contributed by atoms with Crippen molar-refractivity contribution in [1.29, 1.82) is 0 Å². The molecule has 32 heavy (non-hydrogen) atoms. The Morgan fingerprint density at radius 2 is 2.12 bits per heavy atom. The largest absolute Gasteiger partial charge is 0.489 e. The van der Waals surface area contributed by atoms with Crippen LogP contribution in [0.2, 0.25) is 0 Å². The maximum Gasteiger partial charge on any atom is 0.317 e. The van der Waals surface area contributed by atoms with Crippen LogP contribution < -0.4 is 9.64 Å². The fourth-order valence-corrected chi connectivity index (χ4v) is 4.82. The lowest BCUT2D eigenvalue weighted by molar-refractivity contribution is -0.136. The maximum atomic E-state index is 13.5. The van der Waals surface area contributed by atoms with E-state index in [1.54, 1.807) is 12.3 Å². The number of carboxylic acid groups (broad SMARTS) is 1. The average molecular weight is 524 g/mol. The quantitative estimate of drug-likeness (QED) is 0.459. The van der Waals surface area contributed by atoms with Crippen LogP contribution in [0.1, 0.15) is 26.2 Å². The van der Waals surface area contributed by atoms with Crippen molar-refractivity contribution in [3.8, 4) is 5.75 Å². The van der Waals surface area contributed by atoms with Gasteiger partial charge in [-0.1, -0.05) is 18.7 Å². The van der Waals surface area contributed by atoms with Crippen LogP contribution in [0.15, 0.2) is 34.0 Å². The lowest BCUT2D eigenvalue weighted by atomic mass is 10.1. The highest BCUT2D eigenvalue weighted by Gasteiger charge is 2.25. The molecule has 170 valence electrons. The molecule has 1 aliphatic rings. The molecule has 8 nitrogen and oxygen atoms in total. The fraction of sp³-hybridized carbons (Fsp3) is 0.429. The van der Waals surface area contributed by atoms with Crippen molar-refractivity contribution in [1.82, 2.24) is 19.5 Å². The molecular formula is C21H23BrFN5O3S. The molecule has 0 radical (unpaired) electrons. The third kappa shape index (κ3) is 4.83. The molecule has 0 bridgehead atoms. The number of thioether (sulfide) groups is 1. The Labute approximate surface area is 197 Å². The van der Waals surface area contributed by atoms with Gasteiger partial charge in [0.1, 0.15) is 28.4 Å². The molecule has 0 spiro atoms. The van der Waals surface area contributed by atoms with Gasteiger partial charge in [-0.25, -0.2) is 14.4 Å². The molecule has 1 N–H and O–H groups in total. The molecule has 0 saturated carbocycles. The molecule has 1 fully saturated rings. The number of nitrogens with zero attached hydrogens (tertiary/aromatic N) is 5. The van der Waals surface area contributed by atoms with Crippen LogP contribution in [0.4, 0.5) is 10.3 Å². The zero-order valence-corrected chi connectivity index (χ0v) is 20.1. The third-order valence-electron chi connectivity index (χ3n) is 5.36. The van der Waals surface area contributed by atoms with Crippen LogP contribution in [-0.4, -0.2) is 55.0 Å². The number of halogens is 2. The summed E-state index contributed by atoms with van der Waals surface area (Å²) < 4.78 is 22.0. The van der Waals surface area contributed by atoms with E-state index in [-0.39, 0.29) is 11.9 Å². The number of hydrogen-bond donors (Lipinski definition) is 1. The molecule has 1 saturated heterocycles. The molecular weight excluding hydrogens is 501 g/mol. The summed E-state index contributed by atoms with van der Waals surface area (Å²) in [5, 5.41) is 9.38. The van der Waals surface area contributed by atoms with Crippen molar-refractivity contribution in [2.24, 2.45) is 7.05 Å². The smallest absolute Gasteiger partial charge is 0.317 e. The minimum Gasteiger partial charge on any atom is -0.489 e. The van der Waals surface area contributed by atoms with E-state index < -0.39 is 11.2 Å². The van der Waals surface area contributed by atoms with Gasteiger partial charge >= 0.3 is 5.97 Å². The zero-order chi connectivity index (χ0) is 22.8. The number of ether oxygens (including phenoxy) is 1. The van der Waals surface area contributed by atoms with E-state index in [1.807, 2.05) is 18.5 Å². The Morgan fingerprint density at radius 1 is 1.38 bits per heavy atom. The molecule has 3 aromatic rings. The summed E-state index contributed by atoms with van der Waals surface area (Å²) in [7, 11) is 1.83.